The average Bonchev–Trinajstić information content (AvgIpc) is 3.22. The van der Waals surface area contributed by atoms with Crippen LogP contribution in [0.4, 0.5) is 5.69 Å². The Balaban J connectivity index is 1.39. The Bertz CT molecular complexity index is 950. The lowest BCUT2D eigenvalue weighted by atomic mass is 10.2. The topological polar surface area (TPSA) is 84.3 Å². The van der Waals surface area contributed by atoms with Crippen molar-refractivity contribution in [2.45, 2.75) is 31.8 Å². The highest BCUT2D eigenvalue weighted by Gasteiger charge is 2.16. The molecule has 0 saturated heterocycles. The molecule has 0 radical (unpaired) electrons. The van der Waals surface area contributed by atoms with Gasteiger partial charge < -0.3 is 15.2 Å². The van der Waals surface area contributed by atoms with Crippen molar-refractivity contribution in [3.8, 4) is 22.9 Å². The minimum atomic E-state index is -0.235. The van der Waals surface area contributed by atoms with E-state index in [0.29, 0.717) is 28.7 Å². The van der Waals surface area contributed by atoms with Crippen molar-refractivity contribution >= 4 is 11.6 Å². The van der Waals surface area contributed by atoms with Crippen molar-refractivity contribution in [1.82, 2.24) is 9.97 Å². The van der Waals surface area contributed by atoms with Crippen LogP contribution in [0.5, 0.6) is 11.5 Å². The molecule has 1 fully saturated rings. The van der Waals surface area contributed by atoms with Gasteiger partial charge in [0.1, 0.15) is 11.5 Å². The van der Waals surface area contributed by atoms with Crippen LogP contribution in [-0.4, -0.2) is 27.1 Å². The zero-order valence-corrected chi connectivity index (χ0v) is 15.3. The van der Waals surface area contributed by atoms with Crippen LogP contribution < -0.4 is 10.1 Å². The van der Waals surface area contributed by atoms with Gasteiger partial charge >= 0.3 is 0 Å². The third-order valence-corrected chi connectivity index (χ3v) is 4.74. The van der Waals surface area contributed by atoms with Gasteiger partial charge in [-0.25, -0.2) is 9.97 Å². The molecule has 2 N–H and O–H groups in total. The maximum Gasteiger partial charge on any atom is 0.255 e. The van der Waals surface area contributed by atoms with Crippen LogP contribution in [0.1, 0.15) is 36.0 Å². The number of ether oxygens (including phenoxy) is 1. The Morgan fingerprint density at radius 3 is 2.43 bits per heavy atom. The van der Waals surface area contributed by atoms with Crippen molar-refractivity contribution < 1.29 is 14.6 Å². The van der Waals surface area contributed by atoms with Crippen LogP contribution >= 0.6 is 0 Å². The number of hydrogen-bond donors (Lipinski definition) is 2. The van der Waals surface area contributed by atoms with Crippen LogP contribution in [0.15, 0.2) is 60.9 Å². The Kier molecular flexibility index (Phi) is 5.19. The van der Waals surface area contributed by atoms with Crippen molar-refractivity contribution in [1.29, 1.82) is 0 Å². The summed E-state index contributed by atoms with van der Waals surface area (Å²) in [5.74, 6) is 1.18. The maximum atomic E-state index is 12.4. The van der Waals surface area contributed by atoms with E-state index in [0.717, 1.165) is 18.6 Å². The van der Waals surface area contributed by atoms with E-state index in [9.17, 15) is 9.90 Å². The maximum absolute atomic E-state index is 12.4. The fourth-order valence-corrected chi connectivity index (χ4v) is 3.27. The van der Waals surface area contributed by atoms with Crippen molar-refractivity contribution in [3.05, 3.63) is 66.5 Å². The zero-order chi connectivity index (χ0) is 19.3. The van der Waals surface area contributed by atoms with E-state index in [1.807, 2.05) is 18.2 Å². The first-order valence-corrected chi connectivity index (χ1v) is 9.37. The molecule has 1 heterocycles. The molecule has 0 atom stereocenters. The molecule has 0 spiro atoms. The molecule has 3 aromatic rings. The second-order valence-electron chi connectivity index (χ2n) is 6.85. The summed E-state index contributed by atoms with van der Waals surface area (Å²) in [6, 6.07) is 13.9. The van der Waals surface area contributed by atoms with E-state index >= 15 is 0 Å². The van der Waals surface area contributed by atoms with Gasteiger partial charge in [0.05, 0.1) is 24.2 Å². The van der Waals surface area contributed by atoms with Crippen LogP contribution in [0, 0.1) is 0 Å². The van der Waals surface area contributed by atoms with Gasteiger partial charge in [0.2, 0.25) is 0 Å². The molecule has 28 heavy (non-hydrogen) atoms. The van der Waals surface area contributed by atoms with Gasteiger partial charge in [0, 0.05) is 11.1 Å². The van der Waals surface area contributed by atoms with E-state index in [4.69, 9.17) is 4.74 Å². The van der Waals surface area contributed by atoms with E-state index in [1.165, 1.54) is 12.8 Å². The molecule has 2 aromatic carbocycles. The second-order valence-corrected chi connectivity index (χ2v) is 6.85. The summed E-state index contributed by atoms with van der Waals surface area (Å²) in [6.07, 6.45) is 8.02. The summed E-state index contributed by atoms with van der Waals surface area (Å²) < 4.78 is 5.92. The molecule has 142 valence electrons. The normalized spacial score (nSPS) is 14.0. The highest BCUT2D eigenvalue weighted by Crippen LogP contribution is 2.24. The van der Waals surface area contributed by atoms with Crippen LogP contribution in [0.2, 0.25) is 0 Å². The summed E-state index contributed by atoms with van der Waals surface area (Å²) >= 11 is 0. The van der Waals surface area contributed by atoms with Gasteiger partial charge in [-0.3, -0.25) is 4.79 Å². The van der Waals surface area contributed by atoms with Crippen molar-refractivity contribution in [3.63, 3.8) is 0 Å². The zero-order valence-electron chi connectivity index (χ0n) is 15.3. The number of nitrogens with zero attached hydrogens (tertiary/aromatic N) is 2. The Morgan fingerprint density at radius 2 is 1.75 bits per heavy atom. The molecule has 1 aliphatic rings. The Labute approximate surface area is 163 Å². The quantitative estimate of drug-likeness (QED) is 0.689. The average molecular weight is 375 g/mol. The molecule has 0 bridgehead atoms. The predicted octanol–water partition coefficient (Wildman–Crippen LogP) is 4.42. The molecular formula is C22H21N3O3. The lowest BCUT2D eigenvalue weighted by molar-refractivity contribution is 0.102. The van der Waals surface area contributed by atoms with Crippen LogP contribution in [0.25, 0.3) is 11.4 Å². The minimum Gasteiger partial charge on any atom is -0.508 e. The number of benzene rings is 2. The molecule has 0 unspecified atom stereocenters. The largest absolute Gasteiger partial charge is 0.508 e. The molecule has 1 aliphatic carbocycles. The molecule has 6 nitrogen and oxygen atoms in total. The first-order chi connectivity index (χ1) is 13.7. The number of aromatic nitrogens is 2. The predicted molar refractivity (Wildman–Crippen MR) is 106 cm³/mol. The molecule has 4 rings (SSSR count). The van der Waals surface area contributed by atoms with Crippen molar-refractivity contribution in [2.24, 2.45) is 0 Å². The number of anilines is 1. The molecule has 6 heteroatoms. The standard InChI is InChI=1S/C22H21N3O3/c26-18-5-3-4-16(12-18)21-23-13-17(14-24-21)25-22(27)15-8-10-20(11-9-15)28-19-6-1-2-7-19/h3-5,8-14,19,26H,1-2,6-7H2,(H,25,27). The fourth-order valence-electron chi connectivity index (χ4n) is 3.27. The molecular weight excluding hydrogens is 354 g/mol. The second kappa shape index (κ2) is 8.08. The molecule has 1 aromatic heterocycles. The minimum absolute atomic E-state index is 0.152. The SMILES string of the molecule is O=C(Nc1cnc(-c2cccc(O)c2)nc1)c1ccc(OC2CCCC2)cc1. The smallest absolute Gasteiger partial charge is 0.255 e. The highest BCUT2D eigenvalue weighted by molar-refractivity contribution is 6.04. The lowest BCUT2D eigenvalue weighted by Crippen LogP contribution is -2.13. The van der Waals surface area contributed by atoms with E-state index in [-0.39, 0.29) is 11.7 Å². The van der Waals surface area contributed by atoms with Gasteiger partial charge in [0.15, 0.2) is 5.82 Å². The van der Waals surface area contributed by atoms with E-state index in [1.54, 1.807) is 42.7 Å². The number of nitrogens with one attached hydrogen (secondary N) is 1. The molecule has 1 amide bonds. The van der Waals surface area contributed by atoms with Gasteiger partial charge in [-0.05, 0) is 62.1 Å². The van der Waals surface area contributed by atoms with Crippen LogP contribution in [-0.2, 0) is 0 Å². The Morgan fingerprint density at radius 1 is 1.04 bits per heavy atom. The summed E-state index contributed by atoms with van der Waals surface area (Å²) in [5, 5.41) is 12.3. The number of amides is 1. The van der Waals surface area contributed by atoms with Crippen molar-refractivity contribution in [2.75, 3.05) is 5.32 Å². The first kappa shape index (κ1) is 18.0. The summed E-state index contributed by atoms with van der Waals surface area (Å²) in [6.45, 7) is 0. The highest BCUT2D eigenvalue weighted by atomic mass is 16.5. The molecule has 0 aliphatic heterocycles. The number of aromatic hydroxyl groups is 1. The third-order valence-electron chi connectivity index (χ3n) is 4.74. The van der Waals surface area contributed by atoms with Gasteiger partial charge in [-0.1, -0.05) is 12.1 Å². The summed E-state index contributed by atoms with van der Waals surface area (Å²) in [7, 11) is 0. The summed E-state index contributed by atoms with van der Waals surface area (Å²) in [5.41, 5.74) is 1.74. The number of hydrogen-bond acceptors (Lipinski definition) is 5. The van der Waals surface area contributed by atoms with E-state index < -0.39 is 0 Å². The number of phenolic OH excluding ortho intramolecular Hbond substituents is 1. The lowest BCUT2D eigenvalue weighted by Gasteiger charge is -2.13. The third kappa shape index (κ3) is 4.28. The molecule has 1 saturated carbocycles. The van der Waals surface area contributed by atoms with Gasteiger partial charge in [0.25, 0.3) is 5.91 Å². The number of carbonyl (C=O) groups is 1. The van der Waals surface area contributed by atoms with Gasteiger partial charge in [-0.2, -0.15) is 0 Å². The summed E-state index contributed by atoms with van der Waals surface area (Å²) in [4.78, 5) is 20.9. The fraction of sp³-hybridized carbons (Fsp3) is 0.227. The van der Waals surface area contributed by atoms with Gasteiger partial charge in [-0.15, -0.1) is 0 Å². The first-order valence-electron chi connectivity index (χ1n) is 9.37. The number of phenols is 1. The number of carbonyl (C=O) groups excluding carboxylic acids is 1. The monoisotopic (exact) mass is 375 g/mol. The van der Waals surface area contributed by atoms with Crippen LogP contribution in [0.3, 0.4) is 0 Å². The Hall–Kier alpha value is -3.41. The van der Waals surface area contributed by atoms with E-state index in [2.05, 4.69) is 15.3 Å². The number of rotatable bonds is 5.